The van der Waals surface area contributed by atoms with Crippen LogP contribution in [-0.2, 0) is 6.54 Å². The van der Waals surface area contributed by atoms with Gasteiger partial charge in [-0.25, -0.2) is 0 Å². The molecule has 0 amide bonds. The minimum Gasteiger partial charge on any atom is -0.301 e. The topological polar surface area (TPSA) is 26.4 Å². The Balaban J connectivity index is 2.10. The molecule has 0 atom stereocenters. The van der Waals surface area contributed by atoms with Crippen molar-refractivity contribution in [3.05, 3.63) is 86.7 Å². The predicted octanol–water partition coefficient (Wildman–Crippen LogP) is 4.37. The first-order chi connectivity index (χ1) is 11.1. The Morgan fingerprint density at radius 3 is 2.43 bits per heavy atom. The van der Waals surface area contributed by atoms with E-state index in [0.717, 1.165) is 21.2 Å². The van der Waals surface area contributed by atoms with E-state index in [1.807, 2.05) is 63.6 Å². The molecule has 114 valence electrons. The van der Waals surface area contributed by atoms with Crippen LogP contribution < -0.4 is 5.56 Å². The molecule has 3 nitrogen and oxygen atoms in total. The largest absolute Gasteiger partial charge is 0.301 e. The zero-order chi connectivity index (χ0) is 16.0. The van der Waals surface area contributed by atoms with E-state index in [4.69, 9.17) is 0 Å². The van der Waals surface area contributed by atoms with Crippen LogP contribution in [0.4, 0.5) is 0 Å². The van der Waals surface area contributed by atoms with Crippen molar-refractivity contribution >= 4 is 32.5 Å². The zero-order valence-corrected chi connectivity index (χ0v) is 14.2. The Morgan fingerprint density at radius 1 is 0.913 bits per heavy atom. The molecule has 4 aromatic rings. The number of hydrogen-bond acceptors (Lipinski definition) is 1. The van der Waals surface area contributed by atoms with Gasteiger partial charge < -0.3 is 4.57 Å². The quantitative estimate of drug-likeness (QED) is 0.517. The van der Waals surface area contributed by atoms with Gasteiger partial charge in [0.25, 0.3) is 5.56 Å². The summed E-state index contributed by atoms with van der Waals surface area (Å²) in [6, 6.07) is 20.1. The molecule has 0 spiro atoms. The molecule has 0 aliphatic rings. The average molecular weight is 367 g/mol. The van der Waals surface area contributed by atoms with Gasteiger partial charge in [0, 0.05) is 0 Å². The number of halogens is 1. The van der Waals surface area contributed by atoms with Gasteiger partial charge in [-0.05, 0) is 58.2 Å². The van der Waals surface area contributed by atoms with Crippen molar-refractivity contribution in [2.24, 2.45) is 0 Å². The summed E-state index contributed by atoms with van der Waals surface area (Å²) in [7, 11) is 0. The van der Waals surface area contributed by atoms with Crippen molar-refractivity contribution in [3.63, 3.8) is 0 Å². The summed E-state index contributed by atoms with van der Waals surface area (Å²) < 4.78 is 4.73. The van der Waals surface area contributed by atoms with E-state index in [2.05, 4.69) is 28.9 Å². The second-order valence-corrected chi connectivity index (χ2v) is 6.56. The third kappa shape index (κ3) is 2.30. The second-order valence-electron chi connectivity index (χ2n) is 5.75. The molecule has 4 rings (SSSR count). The highest BCUT2D eigenvalue weighted by molar-refractivity contribution is 9.10. The van der Waals surface area contributed by atoms with Gasteiger partial charge in [-0.15, -0.1) is 0 Å². The Morgan fingerprint density at radius 2 is 1.65 bits per heavy atom. The SMILES string of the molecule is Cc1ccc2c(c1)n1c(Br)ccc1c(=O)n2Cc1ccccc1. The summed E-state index contributed by atoms with van der Waals surface area (Å²) in [5.41, 5.74) is 4.97. The van der Waals surface area contributed by atoms with Crippen LogP contribution in [0.5, 0.6) is 0 Å². The van der Waals surface area contributed by atoms with Crippen LogP contribution in [0.15, 0.2) is 70.1 Å². The molecule has 4 heteroatoms. The van der Waals surface area contributed by atoms with Crippen LogP contribution >= 0.6 is 15.9 Å². The molecule has 0 fully saturated rings. The van der Waals surface area contributed by atoms with Crippen molar-refractivity contribution in [3.8, 4) is 0 Å². The smallest absolute Gasteiger partial charge is 0.275 e. The minimum absolute atomic E-state index is 0.0240. The van der Waals surface area contributed by atoms with E-state index < -0.39 is 0 Å². The molecule has 0 aliphatic heterocycles. The van der Waals surface area contributed by atoms with Gasteiger partial charge in [0.1, 0.15) is 5.52 Å². The maximum Gasteiger partial charge on any atom is 0.275 e. The first-order valence-corrected chi connectivity index (χ1v) is 8.28. The standard InChI is InChI=1S/C19H15BrN2O/c1-13-7-8-15-17(11-13)22-16(9-10-18(22)20)19(23)21(15)12-14-5-3-2-4-6-14/h2-11H,12H2,1H3. The van der Waals surface area contributed by atoms with Crippen LogP contribution in [-0.4, -0.2) is 8.97 Å². The number of benzene rings is 2. The van der Waals surface area contributed by atoms with Crippen LogP contribution in [0.3, 0.4) is 0 Å². The number of fused-ring (bicyclic) bond motifs is 3. The Bertz CT molecular complexity index is 1080. The highest BCUT2D eigenvalue weighted by Crippen LogP contribution is 2.23. The summed E-state index contributed by atoms with van der Waals surface area (Å²) in [4.78, 5) is 13.0. The fourth-order valence-electron chi connectivity index (χ4n) is 3.04. The van der Waals surface area contributed by atoms with E-state index in [9.17, 15) is 4.79 Å². The van der Waals surface area contributed by atoms with E-state index in [1.165, 1.54) is 5.56 Å². The van der Waals surface area contributed by atoms with E-state index >= 15 is 0 Å². The molecule has 23 heavy (non-hydrogen) atoms. The molecule has 2 aromatic heterocycles. The third-order valence-electron chi connectivity index (χ3n) is 4.14. The van der Waals surface area contributed by atoms with Crippen molar-refractivity contribution in [1.82, 2.24) is 8.97 Å². The minimum atomic E-state index is 0.0240. The summed E-state index contributed by atoms with van der Waals surface area (Å²) in [6.45, 7) is 2.63. The Labute approximate surface area is 141 Å². The van der Waals surface area contributed by atoms with E-state index in [0.29, 0.717) is 12.1 Å². The van der Waals surface area contributed by atoms with Gasteiger partial charge >= 0.3 is 0 Å². The van der Waals surface area contributed by atoms with E-state index in [1.54, 1.807) is 0 Å². The predicted molar refractivity (Wildman–Crippen MR) is 97.1 cm³/mol. The molecular formula is C19H15BrN2O. The van der Waals surface area contributed by atoms with Gasteiger partial charge in [0.2, 0.25) is 0 Å². The summed E-state index contributed by atoms with van der Waals surface area (Å²) in [6.07, 6.45) is 0. The molecule has 0 saturated carbocycles. The van der Waals surface area contributed by atoms with Gasteiger partial charge in [-0.1, -0.05) is 36.4 Å². The maximum absolute atomic E-state index is 13.0. The molecule has 0 aliphatic carbocycles. The fourth-order valence-corrected chi connectivity index (χ4v) is 3.55. The summed E-state index contributed by atoms with van der Waals surface area (Å²) in [5.74, 6) is 0. The first kappa shape index (κ1) is 14.3. The van der Waals surface area contributed by atoms with E-state index in [-0.39, 0.29) is 5.56 Å². The fraction of sp³-hybridized carbons (Fsp3) is 0.105. The first-order valence-electron chi connectivity index (χ1n) is 7.49. The monoisotopic (exact) mass is 366 g/mol. The Hall–Kier alpha value is -2.33. The second kappa shape index (κ2) is 5.39. The maximum atomic E-state index is 13.0. The molecule has 0 unspecified atom stereocenters. The molecule has 0 saturated heterocycles. The molecule has 0 bridgehead atoms. The lowest BCUT2D eigenvalue weighted by Crippen LogP contribution is -2.23. The van der Waals surface area contributed by atoms with Crippen molar-refractivity contribution in [2.45, 2.75) is 13.5 Å². The van der Waals surface area contributed by atoms with Gasteiger partial charge in [0.05, 0.1) is 22.2 Å². The van der Waals surface area contributed by atoms with Crippen LogP contribution in [0.25, 0.3) is 16.6 Å². The molecule has 2 aromatic carbocycles. The number of hydrogen-bond donors (Lipinski definition) is 0. The number of aromatic nitrogens is 2. The molecule has 2 heterocycles. The molecular weight excluding hydrogens is 352 g/mol. The van der Waals surface area contributed by atoms with Crippen molar-refractivity contribution in [2.75, 3.05) is 0 Å². The number of nitrogens with zero attached hydrogens (tertiary/aromatic N) is 2. The normalized spacial score (nSPS) is 11.4. The third-order valence-corrected chi connectivity index (χ3v) is 4.76. The molecule has 0 N–H and O–H groups in total. The lowest BCUT2D eigenvalue weighted by atomic mass is 10.2. The van der Waals surface area contributed by atoms with Gasteiger partial charge in [-0.2, -0.15) is 0 Å². The van der Waals surface area contributed by atoms with Crippen molar-refractivity contribution in [1.29, 1.82) is 0 Å². The molecule has 0 radical (unpaired) electrons. The zero-order valence-electron chi connectivity index (χ0n) is 12.7. The number of aryl methyl sites for hydroxylation is 1. The van der Waals surface area contributed by atoms with Crippen LogP contribution in [0, 0.1) is 6.92 Å². The highest BCUT2D eigenvalue weighted by atomic mass is 79.9. The number of rotatable bonds is 2. The van der Waals surface area contributed by atoms with Crippen LogP contribution in [0.2, 0.25) is 0 Å². The average Bonchev–Trinajstić information content (AvgIpc) is 2.95. The van der Waals surface area contributed by atoms with Crippen LogP contribution in [0.1, 0.15) is 11.1 Å². The van der Waals surface area contributed by atoms with Gasteiger partial charge in [-0.3, -0.25) is 9.20 Å². The van der Waals surface area contributed by atoms with Gasteiger partial charge in [0.15, 0.2) is 0 Å². The summed E-state index contributed by atoms with van der Waals surface area (Å²) in [5, 5.41) is 0. The Kier molecular flexibility index (Phi) is 3.34. The lowest BCUT2D eigenvalue weighted by molar-refractivity contribution is 0.792. The summed E-state index contributed by atoms with van der Waals surface area (Å²) >= 11 is 3.55. The highest BCUT2D eigenvalue weighted by Gasteiger charge is 2.13. The lowest BCUT2D eigenvalue weighted by Gasteiger charge is -2.14. The van der Waals surface area contributed by atoms with Crippen molar-refractivity contribution < 1.29 is 0 Å².